The first-order chi connectivity index (χ1) is 12.1. The molecule has 2 N–H and O–H groups in total. The van der Waals surface area contributed by atoms with Crippen LogP contribution in [-0.4, -0.2) is 52.5 Å². The van der Waals surface area contributed by atoms with Gasteiger partial charge in [0.15, 0.2) is 5.96 Å². The summed E-state index contributed by atoms with van der Waals surface area (Å²) in [6, 6.07) is 7.65. The summed E-state index contributed by atoms with van der Waals surface area (Å²) in [7, 11) is 3.05. The molecule has 0 spiro atoms. The standard InChI is InChI=1S/C18H29N3O4/c1-5-19-18(20-13-14(2)17(22)24-4)21-15-8-6-9-16(12-15)25-11-7-10-23-3/h6,8-9,12,14H,5,7,10-11,13H2,1-4H3,(H2,19,20,21). The number of esters is 1. The zero-order valence-electron chi connectivity index (χ0n) is 15.5. The van der Waals surface area contributed by atoms with Crippen molar-refractivity contribution in [2.45, 2.75) is 20.3 Å². The van der Waals surface area contributed by atoms with E-state index in [1.807, 2.05) is 31.2 Å². The fourth-order valence-corrected chi connectivity index (χ4v) is 2.00. The molecule has 0 heterocycles. The predicted octanol–water partition coefficient (Wildman–Crippen LogP) is 2.29. The minimum atomic E-state index is -0.295. The fourth-order valence-electron chi connectivity index (χ4n) is 2.00. The van der Waals surface area contributed by atoms with Gasteiger partial charge in [0, 0.05) is 38.4 Å². The van der Waals surface area contributed by atoms with Crippen molar-refractivity contribution in [3.8, 4) is 5.75 Å². The SMILES string of the molecule is CCNC(=NCC(C)C(=O)OC)Nc1cccc(OCCCOC)c1. The second kappa shape index (κ2) is 12.1. The summed E-state index contributed by atoms with van der Waals surface area (Å²) in [6.45, 7) is 6.10. The maximum absolute atomic E-state index is 11.5. The molecule has 0 fully saturated rings. The Kier molecular flexibility index (Phi) is 10.1. The van der Waals surface area contributed by atoms with Crippen molar-refractivity contribution in [3.05, 3.63) is 24.3 Å². The highest BCUT2D eigenvalue weighted by Crippen LogP contribution is 2.17. The molecule has 25 heavy (non-hydrogen) atoms. The number of carbonyl (C=O) groups is 1. The third-order valence-electron chi connectivity index (χ3n) is 3.33. The topological polar surface area (TPSA) is 81.2 Å². The normalized spacial score (nSPS) is 12.4. The molecule has 1 rings (SSSR count). The van der Waals surface area contributed by atoms with Gasteiger partial charge in [0.1, 0.15) is 5.75 Å². The number of aliphatic imine (C=N–C) groups is 1. The average Bonchev–Trinajstić information content (AvgIpc) is 2.63. The van der Waals surface area contributed by atoms with Crippen molar-refractivity contribution in [3.63, 3.8) is 0 Å². The van der Waals surface area contributed by atoms with Gasteiger partial charge in [-0.2, -0.15) is 0 Å². The number of guanidine groups is 1. The van der Waals surface area contributed by atoms with E-state index in [9.17, 15) is 4.79 Å². The highest BCUT2D eigenvalue weighted by molar-refractivity contribution is 5.93. The number of carbonyl (C=O) groups excluding carboxylic acids is 1. The van der Waals surface area contributed by atoms with Gasteiger partial charge in [-0.1, -0.05) is 13.0 Å². The van der Waals surface area contributed by atoms with E-state index in [1.165, 1.54) is 7.11 Å². The van der Waals surface area contributed by atoms with Crippen LogP contribution in [-0.2, 0) is 14.3 Å². The monoisotopic (exact) mass is 351 g/mol. The van der Waals surface area contributed by atoms with E-state index in [-0.39, 0.29) is 11.9 Å². The number of hydrogen-bond acceptors (Lipinski definition) is 5. The first-order valence-corrected chi connectivity index (χ1v) is 8.45. The van der Waals surface area contributed by atoms with E-state index >= 15 is 0 Å². The molecular formula is C18H29N3O4. The highest BCUT2D eigenvalue weighted by Gasteiger charge is 2.12. The third kappa shape index (κ3) is 8.39. The second-order valence-corrected chi connectivity index (χ2v) is 5.49. The number of methoxy groups -OCH3 is 2. The Morgan fingerprint density at radius 1 is 1.28 bits per heavy atom. The molecule has 1 aromatic rings. The zero-order chi connectivity index (χ0) is 18.5. The summed E-state index contributed by atoms with van der Waals surface area (Å²) in [5, 5.41) is 6.37. The molecule has 0 radical (unpaired) electrons. The van der Waals surface area contributed by atoms with E-state index in [0.717, 1.165) is 17.9 Å². The molecule has 140 valence electrons. The lowest BCUT2D eigenvalue weighted by molar-refractivity contribution is -0.144. The minimum absolute atomic E-state index is 0.272. The lowest BCUT2D eigenvalue weighted by atomic mass is 10.2. The minimum Gasteiger partial charge on any atom is -0.493 e. The lowest BCUT2D eigenvalue weighted by Gasteiger charge is -2.14. The Hall–Kier alpha value is -2.28. The second-order valence-electron chi connectivity index (χ2n) is 5.49. The smallest absolute Gasteiger partial charge is 0.310 e. The first kappa shape index (κ1) is 20.8. The molecule has 0 saturated heterocycles. The van der Waals surface area contributed by atoms with Crippen LogP contribution in [0, 0.1) is 5.92 Å². The number of benzene rings is 1. The van der Waals surface area contributed by atoms with E-state index in [4.69, 9.17) is 14.2 Å². The van der Waals surface area contributed by atoms with Gasteiger partial charge in [0.25, 0.3) is 0 Å². The Balaban J connectivity index is 2.66. The van der Waals surface area contributed by atoms with Crippen LogP contribution >= 0.6 is 0 Å². The van der Waals surface area contributed by atoms with Crippen LogP contribution in [0.4, 0.5) is 5.69 Å². The number of nitrogens with one attached hydrogen (secondary N) is 2. The van der Waals surface area contributed by atoms with Crippen LogP contribution in [0.1, 0.15) is 20.3 Å². The number of ether oxygens (including phenoxy) is 3. The number of nitrogens with zero attached hydrogens (tertiary/aromatic N) is 1. The molecule has 0 bridgehead atoms. The van der Waals surface area contributed by atoms with Crippen LogP contribution in [0.5, 0.6) is 5.75 Å². The van der Waals surface area contributed by atoms with E-state index in [0.29, 0.717) is 32.3 Å². The van der Waals surface area contributed by atoms with Crippen LogP contribution < -0.4 is 15.4 Å². The number of anilines is 1. The average molecular weight is 351 g/mol. The van der Waals surface area contributed by atoms with Crippen LogP contribution in [0.3, 0.4) is 0 Å². The van der Waals surface area contributed by atoms with E-state index < -0.39 is 0 Å². The van der Waals surface area contributed by atoms with Gasteiger partial charge in [0.2, 0.25) is 0 Å². The lowest BCUT2D eigenvalue weighted by Crippen LogP contribution is -2.31. The third-order valence-corrected chi connectivity index (χ3v) is 3.33. The molecule has 1 unspecified atom stereocenters. The molecule has 0 aliphatic carbocycles. The molecule has 7 heteroatoms. The summed E-state index contributed by atoms with van der Waals surface area (Å²) < 4.78 is 15.4. The van der Waals surface area contributed by atoms with Crippen molar-refractivity contribution in [2.75, 3.05) is 45.8 Å². The van der Waals surface area contributed by atoms with E-state index in [2.05, 4.69) is 15.6 Å². The molecule has 7 nitrogen and oxygen atoms in total. The highest BCUT2D eigenvalue weighted by atomic mass is 16.5. The Morgan fingerprint density at radius 2 is 2.08 bits per heavy atom. The van der Waals surface area contributed by atoms with Crippen molar-refractivity contribution in [1.29, 1.82) is 0 Å². The first-order valence-electron chi connectivity index (χ1n) is 8.45. The summed E-state index contributed by atoms with van der Waals surface area (Å²) in [4.78, 5) is 15.9. The molecule has 1 aromatic carbocycles. The molecule has 0 saturated carbocycles. The van der Waals surface area contributed by atoms with Gasteiger partial charge in [-0.05, 0) is 19.1 Å². The van der Waals surface area contributed by atoms with Crippen LogP contribution in [0.2, 0.25) is 0 Å². The molecule has 0 aliphatic rings. The summed E-state index contributed by atoms with van der Waals surface area (Å²) in [6.07, 6.45) is 0.837. The Bertz CT molecular complexity index is 549. The quantitative estimate of drug-likeness (QED) is 0.291. The maximum atomic E-state index is 11.5. The van der Waals surface area contributed by atoms with Crippen molar-refractivity contribution < 1.29 is 19.0 Å². The summed E-state index contributed by atoms with van der Waals surface area (Å²) in [5.74, 6) is 0.816. The van der Waals surface area contributed by atoms with Gasteiger partial charge in [-0.15, -0.1) is 0 Å². The maximum Gasteiger partial charge on any atom is 0.310 e. The summed E-state index contributed by atoms with van der Waals surface area (Å²) in [5.41, 5.74) is 0.856. The van der Waals surface area contributed by atoms with Gasteiger partial charge < -0.3 is 24.8 Å². The van der Waals surface area contributed by atoms with Crippen molar-refractivity contribution in [1.82, 2.24) is 5.32 Å². The molecule has 1 atom stereocenters. The van der Waals surface area contributed by atoms with Gasteiger partial charge >= 0.3 is 5.97 Å². The predicted molar refractivity (Wildman–Crippen MR) is 99.2 cm³/mol. The number of hydrogen-bond donors (Lipinski definition) is 2. The molecular weight excluding hydrogens is 322 g/mol. The fraction of sp³-hybridized carbons (Fsp3) is 0.556. The van der Waals surface area contributed by atoms with Crippen molar-refractivity contribution >= 4 is 17.6 Å². The zero-order valence-corrected chi connectivity index (χ0v) is 15.5. The van der Waals surface area contributed by atoms with Gasteiger partial charge in [-0.3, -0.25) is 9.79 Å². The van der Waals surface area contributed by atoms with E-state index in [1.54, 1.807) is 14.0 Å². The largest absolute Gasteiger partial charge is 0.493 e. The molecule has 0 aliphatic heterocycles. The van der Waals surface area contributed by atoms with Gasteiger partial charge in [0.05, 0.1) is 26.2 Å². The Labute approximate surface area is 149 Å². The van der Waals surface area contributed by atoms with Crippen LogP contribution in [0.25, 0.3) is 0 Å². The summed E-state index contributed by atoms with van der Waals surface area (Å²) >= 11 is 0. The van der Waals surface area contributed by atoms with Gasteiger partial charge in [-0.25, -0.2) is 0 Å². The van der Waals surface area contributed by atoms with Crippen molar-refractivity contribution in [2.24, 2.45) is 10.9 Å². The molecule has 0 amide bonds. The Morgan fingerprint density at radius 3 is 2.76 bits per heavy atom. The molecule has 0 aromatic heterocycles. The number of rotatable bonds is 10. The van der Waals surface area contributed by atoms with Crippen LogP contribution in [0.15, 0.2) is 29.3 Å².